The summed E-state index contributed by atoms with van der Waals surface area (Å²) in [5.74, 6) is 0. The number of thiazole rings is 1. The van der Waals surface area contributed by atoms with Crippen LogP contribution in [0.25, 0.3) is 21.3 Å². The van der Waals surface area contributed by atoms with Crippen LogP contribution >= 0.6 is 11.3 Å². The predicted molar refractivity (Wildman–Crippen MR) is 65.4 cm³/mol. The molecule has 0 amide bonds. The molecule has 3 rings (SSSR count). The summed E-state index contributed by atoms with van der Waals surface area (Å²) >= 11 is 1.64. The first-order valence-corrected chi connectivity index (χ1v) is 5.83. The molecule has 16 heavy (non-hydrogen) atoms. The van der Waals surface area contributed by atoms with Gasteiger partial charge >= 0.3 is 0 Å². The molecule has 2 heterocycles. The van der Waals surface area contributed by atoms with E-state index in [2.05, 4.69) is 27.1 Å². The molecule has 0 bridgehead atoms. The minimum absolute atomic E-state index is 0.987. The Hall–Kier alpha value is -1.81. The van der Waals surface area contributed by atoms with E-state index in [1.807, 2.05) is 24.7 Å². The van der Waals surface area contributed by atoms with Gasteiger partial charge in [0.25, 0.3) is 0 Å². The van der Waals surface area contributed by atoms with Crippen molar-refractivity contribution in [3.8, 4) is 10.4 Å². The van der Waals surface area contributed by atoms with Gasteiger partial charge in [0.2, 0.25) is 0 Å². The highest BCUT2D eigenvalue weighted by atomic mass is 32.1. The molecule has 3 nitrogen and oxygen atoms in total. The summed E-state index contributed by atoms with van der Waals surface area (Å²) in [6, 6.07) is 6.22. The largest absolute Gasteiger partial charge is 0.252 e. The molecule has 0 radical (unpaired) electrons. The van der Waals surface area contributed by atoms with Crippen molar-refractivity contribution in [3.05, 3.63) is 41.9 Å². The molecule has 0 aliphatic carbocycles. The van der Waals surface area contributed by atoms with Crippen LogP contribution in [0.15, 0.2) is 36.2 Å². The van der Waals surface area contributed by atoms with E-state index in [9.17, 15) is 0 Å². The second-order valence-electron chi connectivity index (χ2n) is 3.56. The van der Waals surface area contributed by atoms with Gasteiger partial charge in [-0.2, -0.15) is 0 Å². The summed E-state index contributed by atoms with van der Waals surface area (Å²) in [7, 11) is 0. The van der Waals surface area contributed by atoms with Gasteiger partial charge in [-0.25, -0.2) is 9.97 Å². The number of fused-ring (bicyclic) bond motifs is 1. The second-order valence-corrected chi connectivity index (χ2v) is 4.44. The molecular weight excluding hydrogens is 218 g/mol. The lowest BCUT2D eigenvalue weighted by molar-refractivity contribution is 1.15. The fraction of sp³-hybridized carbons (Fsp3) is 0.0833. The zero-order chi connectivity index (χ0) is 11.0. The summed E-state index contributed by atoms with van der Waals surface area (Å²) in [6.07, 6.45) is 3.48. The monoisotopic (exact) mass is 227 g/mol. The number of nitrogens with zero attached hydrogens (tertiary/aromatic N) is 3. The molecule has 0 aliphatic rings. The Morgan fingerprint density at radius 2 is 2.12 bits per heavy atom. The van der Waals surface area contributed by atoms with Gasteiger partial charge in [-0.15, -0.1) is 11.3 Å². The lowest BCUT2D eigenvalue weighted by Gasteiger charge is -2.02. The molecule has 0 saturated heterocycles. The minimum atomic E-state index is 0.987. The van der Waals surface area contributed by atoms with E-state index >= 15 is 0 Å². The number of hydrogen-bond donors (Lipinski definition) is 0. The summed E-state index contributed by atoms with van der Waals surface area (Å²) in [5, 5.41) is 1.11. The fourth-order valence-electron chi connectivity index (χ4n) is 1.70. The lowest BCUT2D eigenvalue weighted by atomic mass is 10.1. The van der Waals surface area contributed by atoms with Crippen molar-refractivity contribution in [2.45, 2.75) is 6.92 Å². The van der Waals surface area contributed by atoms with E-state index < -0.39 is 0 Å². The SMILES string of the molecule is Cc1ncnc2ccc(-c3cncs3)cc12. The van der Waals surface area contributed by atoms with Crippen LogP contribution in [0.4, 0.5) is 0 Å². The highest BCUT2D eigenvalue weighted by Crippen LogP contribution is 2.26. The molecule has 4 heteroatoms. The standard InChI is InChI=1S/C12H9N3S/c1-8-10-4-9(12-5-13-7-16-12)2-3-11(10)15-6-14-8/h2-7H,1H3. The van der Waals surface area contributed by atoms with Gasteiger partial charge in [0.05, 0.1) is 15.9 Å². The highest BCUT2D eigenvalue weighted by Gasteiger charge is 2.03. The molecule has 0 N–H and O–H groups in total. The number of aromatic nitrogens is 3. The molecular formula is C12H9N3S. The molecule has 2 aromatic heterocycles. The Bertz CT molecular complexity index is 632. The lowest BCUT2D eigenvalue weighted by Crippen LogP contribution is -1.87. The van der Waals surface area contributed by atoms with Crippen LogP contribution in [0.5, 0.6) is 0 Å². The molecule has 0 saturated carbocycles. The van der Waals surface area contributed by atoms with Crippen LogP contribution in [-0.2, 0) is 0 Å². The van der Waals surface area contributed by atoms with Crippen LogP contribution in [0.3, 0.4) is 0 Å². The quantitative estimate of drug-likeness (QED) is 0.641. The Kier molecular flexibility index (Phi) is 2.15. The van der Waals surface area contributed by atoms with E-state index in [0.717, 1.165) is 16.6 Å². The third kappa shape index (κ3) is 1.47. The number of benzene rings is 1. The normalized spacial score (nSPS) is 10.8. The van der Waals surface area contributed by atoms with Crippen molar-refractivity contribution < 1.29 is 0 Å². The van der Waals surface area contributed by atoms with Crippen molar-refractivity contribution in [2.75, 3.05) is 0 Å². The van der Waals surface area contributed by atoms with Gasteiger partial charge in [0, 0.05) is 17.3 Å². The first-order chi connectivity index (χ1) is 7.84. The number of aryl methyl sites for hydroxylation is 1. The van der Waals surface area contributed by atoms with Crippen LogP contribution in [0.2, 0.25) is 0 Å². The smallest absolute Gasteiger partial charge is 0.116 e. The third-order valence-electron chi connectivity index (χ3n) is 2.55. The zero-order valence-electron chi connectivity index (χ0n) is 8.71. The van der Waals surface area contributed by atoms with Gasteiger partial charge in [-0.3, -0.25) is 4.98 Å². The first kappa shape index (κ1) is 9.42. The fourth-order valence-corrected chi connectivity index (χ4v) is 2.32. The van der Waals surface area contributed by atoms with Crippen LogP contribution in [0.1, 0.15) is 5.69 Å². The van der Waals surface area contributed by atoms with Gasteiger partial charge in [0.15, 0.2) is 0 Å². The number of rotatable bonds is 1. The molecule has 0 atom stereocenters. The van der Waals surface area contributed by atoms with E-state index in [4.69, 9.17) is 0 Å². The third-order valence-corrected chi connectivity index (χ3v) is 3.37. The van der Waals surface area contributed by atoms with Crippen molar-refractivity contribution >= 4 is 22.2 Å². The second kappa shape index (κ2) is 3.64. The zero-order valence-corrected chi connectivity index (χ0v) is 9.53. The maximum absolute atomic E-state index is 4.24. The van der Waals surface area contributed by atoms with Crippen molar-refractivity contribution in [1.29, 1.82) is 0 Å². The molecule has 78 valence electrons. The van der Waals surface area contributed by atoms with Crippen molar-refractivity contribution in [2.24, 2.45) is 0 Å². The summed E-state index contributed by atoms with van der Waals surface area (Å²) in [4.78, 5) is 13.7. The van der Waals surface area contributed by atoms with E-state index in [0.29, 0.717) is 0 Å². The van der Waals surface area contributed by atoms with E-state index in [1.54, 1.807) is 17.7 Å². The van der Waals surface area contributed by atoms with Crippen LogP contribution in [-0.4, -0.2) is 15.0 Å². The van der Waals surface area contributed by atoms with E-state index in [1.165, 1.54) is 10.4 Å². The van der Waals surface area contributed by atoms with Gasteiger partial charge in [0.1, 0.15) is 6.33 Å². The molecule has 1 aromatic carbocycles. The van der Waals surface area contributed by atoms with Crippen molar-refractivity contribution in [3.63, 3.8) is 0 Å². The molecule has 3 aromatic rings. The predicted octanol–water partition coefficient (Wildman–Crippen LogP) is 3.06. The molecule has 0 fully saturated rings. The maximum Gasteiger partial charge on any atom is 0.116 e. The summed E-state index contributed by atoms with van der Waals surface area (Å²) < 4.78 is 0. The number of hydrogen-bond acceptors (Lipinski definition) is 4. The Morgan fingerprint density at radius 3 is 2.94 bits per heavy atom. The van der Waals surface area contributed by atoms with Crippen LogP contribution in [0, 0.1) is 6.92 Å². The topological polar surface area (TPSA) is 38.7 Å². The van der Waals surface area contributed by atoms with Gasteiger partial charge < -0.3 is 0 Å². The Morgan fingerprint density at radius 1 is 1.19 bits per heavy atom. The molecule has 0 aliphatic heterocycles. The molecule has 0 unspecified atom stereocenters. The summed E-state index contributed by atoms with van der Waals surface area (Å²) in [5.41, 5.74) is 5.01. The van der Waals surface area contributed by atoms with E-state index in [-0.39, 0.29) is 0 Å². The maximum atomic E-state index is 4.24. The average molecular weight is 227 g/mol. The molecule has 0 spiro atoms. The first-order valence-electron chi connectivity index (χ1n) is 4.95. The Labute approximate surface area is 96.8 Å². The highest BCUT2D eigenvalue weighted by molar-refractivity contribution is 7.13. The Balaban J connectivity index is 2.27. The minimum Gasteiger partial charge on any atom is -0.252 e. The van der Waals surface area contributed by atoms with Gasteiger partial charge in [-0.05, 0) is 24.6 Å². The average Bonchev–Trinajstić information content (AvgIpc) is 2.83. The summed E-state index contributed by atoms with van der Waals surface area (Å²) in [6.45, 7) is 2.00. The van der Waals surface area contributed by atoms with Crippen LogP contribution < -0.4 is 0 Å². The van der Waals surface area contributed by atoms with Gasteiger partial charge in [-0.1, -0.05) is 6.07 Å². The van der Waals surface area contributed by atoms with Crippen molar-refractivity contribution in [1.82, 2.24) is 15.0 Å².